The number of ether oxygens (including phenoxy) is 2. The Hall–Kier alpha value is -1.75. The van der Waals surface area contributed by atoms with Crippen LogP contribution in [-0.2, 0) is 4.79 Å². The van der Waals surface area contributed by atoms with E-state index in [0.29, 0.717) is 5.75 Å². The van der Waals surface area contributed by atoms with E-state index < -0.39 is 6.10 Å². The molecule has 0 aliphatic rings. The van der Waals surface area contributed by atoms with Gasteiger partial charge in [-0.3, -0.25) is 4.79 Å². The van der Waals surface area contributed by atoms with Gasteiger partial charge in [0.05, 0.1) is 7.11 Å². The van der Waals surface area contributed by atoms with Crippen molar-refractivity contribution in [3.63, 3.8) is 0 Å². The maximum Gasteiger partial charge on any atom is 0.260 e. The molecule has 0 bridgehead atoms. The highest BCUT2D eigenvalue weighted by Gasteiger charge is 2.19. The SMILES string of the molecule is COc1ccc(OC(C)C(=O)NC(C)C(C)CO)cc1. The van der Waals surface area contributed by atoms with Gasteiger partial charge in [0, 0.05) is 12.6 Å². The highest BCUT2D eigenvalue weighted by Crippen LogP contribution is 2.18. The van der Waals surface area contributed by atoms with E-state index in [4.69, 9.17) is 14.6 Å². The molecule has 0 radical (unpaired) electrons. The lowest BCUT2D eigenvalue weighted by molar-refractivity contribution is -0.128. The molecule has 2 N–H and O–H groups in total. The highest BCUT2D eigenvalue weighted by molar-refractivity contribution is 5.81. The van der Waals surface area contributed by atoms with Crippen molar-refractivity contribution in [3.8, 4) is 11.5 Å². The third-order valence-electron chi connectivity index (χ3n) is 3.25. The number of nitrogens with one attached hydrogen (secondary N) is 1. The zero-order valence-corrected chi connectivity index (χ0v) is 12.4. The topological polar surface area (TPSA) is 67.8 Å². The fraction of sp³-hybridized carbons (Fsp3) is 0.533. The molecule has 0 aromatic heterocycles. The lowest BCUT2D eigenvalue weighted by Gasteiger charge is -2.22. The van der Waals surface area contributed by atoms with Crippen molar-refractivity contribution in [1.82, 2.24) is 5.32 Å². The number of rotatable bonds is 7. The molecule has 5 nitrogen and oxygen atoms in total. The van der Waals surface area contributed by atoms with Crippen LogP contribution in [0.2, 0.25) is 0 Å². The van der Waals surface area contributed by atoms with Crippen LogP contribution in [0.3, 0.4) is 0 Å². The van der Waals surface area contributed by atoms with Gasteiger partial charge in [-0.05, 0) is 44.0 Å². The van der Waals surface area contributed by atoms with Crippen LogP contribution in [0.5, 0.6) is 11.5 Å². The summed E-state index contributed by atoms with van der Waals surface area (Å²) >= 11 is 0. The Bertz CT molecular complexity index is 418. The van der Waals surface area contributed by atoms with Crippen LogP contribution in [0.25, 0.3) is 0 Å². The second kappa shape index (κ2) is 7.75. The van der Waals surface area contributed by atoms with Gasteiger partial charge in [-0.2, -0.15) is 0 Å². The zero-order chi connectivity index (χ0) is 15.1. The summed E-state index contributed by atoms with van der Waals surface area (Å²) in [7, 11) is 1.59. The average Bonchev–Trinajstić information content (AvgIpc) is 2.46. The zero-order valence-electron chi connectivity index (χ0n) is 12.4. The molecule has 20 heavy (non-hydrogen) atoms. The van der Waals surface area contributed by atoms with E-state index in [9.17, 15) is 4.79 Å². The van der Waals surface area contributed by atoms with E-state index in [1.807, 2.05) is 13.8 Å². The molecule has 0 fully saturated rings. The van der Waals surface area contributed by atoms with Crippen LogP contribution in [0, 0.1) is 5.92 Å². The first-order chi connectivity index (χ1) is 9.47. The minimum absolute atomic E-state index is 0.00661. The second-order valence-electron chi connectivity index (χ2n) is 4.89. The van der Waals surface area contributed by atoms with Crippen LogP contribution >= 0.6 is 0 Å². The van der Waals surface area contributed by atoms with E-state index in [1.54, 1.807) is 38.3 Å². The first-order valence-corrected chi connectivity index (χ1v) is 6.69. The Morgan fingerprint density at radius 3 is 2.25 bits per heavy atom. The predicted molar refractivity (Wildman–Crippen MR) is 76.9 cm³/mol. The Balaban J connectivity index is 2.52. The first kappa shape index (κ1) is 16.3. The highest BCUT2D eigenvalue weighted by atomic mass is 16.5. The molecule has 1 aromatic carbocycles. The second-order valence-corrected chi connectivity index (χ2v) is 4.89. The maximum absolute atomic E-state index is 12.0. The Morgan fingerprint density at radius 2 is 1.75 bits per heavy atom. The van der Waals surface area contributed by atoms with Crippen molar-refractivity contribution in [3.05, 3.63) is 24.3 Å². The van der Waals surface area contributed by atoms with Crippen LogP contribution in [0.4, 0.5) is 0 Å². The molecular weight excluding hydrogens is 258 g/mol. The van der Waals surface area contributed by atoms with Crippen molar-refractivity contribution < 1.29 is 19.4 Å². The summed E-state index contributed by atoms with van der Waals surface area (Å²) < 4.78 is 10.6. The van der Waals surface area contributed by atoms with E-state index >= 15 is 0 Å². The minimum Gasteiger partial charge on any atom is -0.497 e. The third kappa shape index (κ3) is 4.74. The molecule has 1 amide bonds. The van der Waals surface area contributed by atoms with Gasteiger partial charge >= 0.3 is 0 Å². The number of hydrogen-bond donors (Lipinski definition) is 2. The summed E-state index contributed by atoms with van der Waals surface area (Å²) in [5.74, 6) is 1.15. The van der Waals surface area contributed by atoms with Gasteiger partial charge in [-0.1, -0.05) is 6.92 Å². The lowest BCUT2D eigenvalue weighted by atomic mass is 10.1. The normalized spacial score (nSPS) is 15.1. The van der Waals surface area contributed by atoms with Crippen LogP contribution in [0.1, 0.15) is 20.8 Å². The number of methoxy groups -OCH3 is 1. The Kier molecular flexibility index (Phi) is 6.31. The van der Waals surface area contributed by atoms with E-state index in [2.05, 4.69) is 5.32 Å². The van der Waals surface area contributed by atoms with Gasteiger partial charge in [-0.25, -0.2) is 0 Å². The molecule has 0 spiro atoms. The standard InChI is InChI=1S/C15H23NO4/c1-10(9-17)11(2)16-15(18)12(3)20-14-7-5-13(19-4)6-8-14/h5-8,10-12,17H,9H2,1-4H3,(H,16,18). The minimum atomic E-state index is -0.600. The Labute approximate surface area is 119 Å². The van der Waals surface area contributed by atoms with Gasteiger partial charge in [-0.15, -0.1) is 0 Å². The smallest absolute Gasteiger partial charge is 0.260 e. The molecule has 3 atom stereocenters. The van der Waals surface area contributed by atoms with Crippen molar-refractivity contribution in [1.29, 1.82) is 0 Å². The number of hydrogen-bond acceptors (Lipinski definition) is 4. The predicted octanol–water partition coefficient (Wildman–Crippen LogP) is 1.60. The molecule has 1 rings (SSSR count). The van der Waals surface area contributed by atoms with Crippen LogP contribution in [-0.4, -0.2) is 36.9 Å². The number of carbonyl (C=O) groups is 1. The summed E-state index contributed by atoms with van der Waals surface area (Å²) in [4.78, 5) is 12.0. The van der Waals surface area contributed by atoms with E-state index in [1.165, 1.54) is 0 Å². The molecule has 112 valence electrons. The molecule has 0 aliphatic carbocycles. The lowest BCUT2D eigenvalue weighted by Crippen LogP contribution is -2.44. The molecular formula is C15H23NO4. The number of amides is 1. The number of aliphatic hydroxyl groups is 1. The summed E-state index contributed by atoms with van der Waals surface area (Å²) in [5.41, 5.74) is 0. The van der Waals surface area contributed by atoms with Crippen molar-refractivity contribution in [2.45, 2.75) is 32.9 Å². The van der Waals surface area contributed by atoms with Crippen molar-refractivity contribution >= 4 is 5.91 Å². The maximum atomic E-state index is 12.0. The van der Waals surface area contributed by atoms with Crippen LogP contribution < -0.4 is 14.8 Å². The fourth-order valence-electron chi connectivity index (χ4n) is 1.55. The molecule has 0 heterocycles. The third-order valence-corrected chi connectivity index (χ3v) is 3.25. The number of benzene rings is 1. The van der Waals surface area contributed by atoms with Crippen molar-refractivity contribution in [2.75, 3.05) is 13.7 Å². The summed E-state index contributed by atoms with van der Waals surface area (Å²) in [6, 6.07) is 6.95. The van der Waals surface area contributed by atoms with Gasteiger partial charge in [0.1, 0.15) is 11.5 Å². The van der Waals surface area contributed by atoms with Gasteiger partial charge in [0.25, 0.3) is 5.91 Å². The molecule has 1 aromatic rings. The Morgan fingerprint density at radius 1 is 1.20 bits per heavy atom. The van der Waals surface area contributed by atoms with Gasteiger partial charge in [0.2, 0.25) is 0 Å². The monoisotopic (exact) mass is 281 g/mol. The van der Waals surface area contributed by atoms with E-state index in [0.717, 1.165) is 5.75 Å². The van der Waals surface area contributed by atoms with Gasteiger partial charge < -0.3 is 19.9 Å². The average molecular weight is 281 g/mol. The largest absolute Gasteiger partial charge is 0.497 e. The van der Waals surface area contributed by atoms with Gasteiger partial charge in [0.15, 0.2) is 6.10 Å². The van der Waals surface area contributed by atoms with E-state index in [-0.39, 0.29) is 24.5 Å². The molecule has 0 aliphatic heterocycles. The first-order valence-electron chi connectivity index (χ1n) is 6.69. The number of carbonyl (C=O) groups excluding carboxylic acids is 1. The molecule has 5 heteroatoms. The fourth-order valence-corrected chi connectivity index (χ4v) is 1.55. The quantitative estimate of drug-likeness (QED) is 0.796. The summed E-state index contributed by atoms with van der Waals surface area (Å²) in [6.07, 6.45) is -0.600. The molecule has 0 saturated carbocycles. The molecule has 0 saturated heterocycles. The van der Waals surface area contributed by atoms with Crippen molar-refractivity contribution in [2.24, 2.45) is 5.92 Å². The number of aliphatic hydroxyl groups excluding tert-OH is 1. The summed E-state index contributed by atoms with van der Waals surface area (Å²) in [6.45, 7) is 5.46. The summed E-state index contributed by atoms with van der Waals surface area (Å²) in [5, 5.41) is 11.9. The van der Waals surface area contributed by atoms with Crippen LogP contribution in [0.15, 0.2) is 24.3 Å². The molecule has 3 unspecified atom stereocenters.